The monoisotopic (exact) mass is 459 g/mol. The SMILES string of the molecule is N=S(=O)(c1ccc(C(=O)N[C@H]2CC3(C2)C[C@H](c2nc4cc(Cl)ccc4o2)C3)o1)C1CC1. The molecule has 7 nitrogen and oxygen atoms in total. The van der Waals surface area contributed by atoms with Crippen molar-refractivity contribution in [2.45, 2.75) is 60.8 Å². The van der Waals surface area contributed by atoms with E-state index in [4.69, 9.17) is 25.2 Å². The van der Waals surface area contributed by atoms with Gasteiger partial charge in [0.15, 0.2) is 22.3 Å². The van der Waals surface area contributed by atoms with Gasteiger partial charge in [-0.05, 0) is 74.3 Å². The van der Waals surface area contributed by atoms with Gasteiger partial charge in [0.25, 0.3) is 5.91 Å². The summed E-state index contributed by atoms with van der Waals surface area (Å²) in [6.45, 7) is 0. The van der Waals surface area contributed by atoms with Gasteiger partial charge in [-0.2, -0.15) is 0 Å². The second kappa shape index (κ2) is 6.59. The lowest BCUT2D eigenvalue weighted by molar-refractivity contribution is -0.0256. The van der Waals surface area contributed by atoms with Crippen molar-refractivity contribution < 1.29 is 17.8 Å². The van der Waals surface area contributed by atoms with E-state index in [9.17, 15) is 9.00 Å². The first kappa shape index (κ1) is 19.4. The van der Waals surface area contributed by atoms with E-state index in [-0.39, 0.29) is 33.5 Å². The summed E-state index contributed by atoms with van der Waals surface area (Å²) in [5, 5.41) is 3.64. The molecule has 0 bridgehead atoms. The molecule has 1 aromatic carbocycles. The second-order valence-electron chi connectivity index (χ2n) is 9.27. The summed E-state index contributed by atoms with van der Waals surface area (Å²) in [4.78, 5) is 17.1. The molecule has 3 aliphatic rings. The number of nitrogens with zero attached hydrogens (tertiary/aromatic N) is 1. The van der Waals surface area contributed by atoms with Crippen LogP contribution in [0.3, 0.4) is 0 Å². The van der Waals surface area contributed by atoms with Crippen LogP contribution in [0.15, 0.2) is 44.3 Å². The van der Waals surface area contributed by atoms with Gasteiger partial charge in [-0.15, -0.1) is 0 Å². The van der Waals surface area contributed by atoms with Crippen molar-refractivity contribution in [1.29, 1.82) is 4.78 Å². The molecule has 1 spiro atoms. The minimum absolute atomic E-state index is 0.105. The van der Waals surface area contributed by atoms with E-state index >= 15 is 0 Å². The first-order chi connectivity index (χ1) is 14.8. The highest BCUT2D eigenvalue weighted by Crippen LogP contribution is 2.61. The van der Waals surface area contributed by atoms with Gasteiger partial charge in [-0.1, -0.05) is 11.6 Å². The standard InChI is InChI=1S/C22H22ClN3O4S/c23-13-1-4-17-16(7-13)26-21(30-17)12-8-22(9-12)10-14(11-22)25-20(27)18-5-6-19(29-18)31(24,28)15-2-3-15/h1,4-7,12,14-15,24H,2-3,8-11H2,(H,25,27)/t12-,14-,22?,31?. The number of furan rings is 1. The fourth-order valence-electron chi connectivity index (χ4n) is 5.10. The normalized spacial score (nSPS) is 29.3. The van der Waals surface area contributed by atoms with Gasteiger partial charge in [0.05, 0.1) is 5.25 Å². The number of nitrogens with one attached hydrogen (secondary N) is 2. The zero-order valence-electron chi connectivity index (χ0n) is 16.7. The summed E-state index contributed by atoms with van der Waals surface area (Å²) in [6, 6.07) is 8.60. The maximum absolute atomic E-state index is 12.5. The summed E-state index contributed by atoms with van der Waals surface area (Å²) in [7, 11) is -2.93. The first-order valence-electron chi connectivity index (χ1n) is 10.6. The smallest absolute Gasteiger partial charge is 0.287 e. The summed E-state index contributed by atoms with van der Waals surface area (Å²) in [6.07, 6.45) is 5.43. The number of rotatable bonds is 5. The summed E-state index contributed by atoms with van der Waals surface area (Å²) in [5.41, 5.74) is 1.80. The van der Waals surface area contributed by atoms with Crippen molar-refractivity contribution in [3.63, 3.8) is 0 Å². The van der Waals surface area contributed by atoms with Crippen LogP contribution in [-0.4, -0.2) is 26.4 Å². The number of hydrogen-bond donors (Lipinski definition) is 2. The van der Waals surface area contributed by atoms with E-state index in [1.165, 1.54) is 12.1 Å². The molecule has 3 aromatic rings. The van der Waals surface area contributed by atoms with Crippen molar-refractivity contribution in [1.82, 2.24) is 10.3 Å². The average molecular weight is 460 g/mol. The lowest BCUT2D eigenvalue weighted by atomic mass is 9.50. The van der Waals surface area contributed by atoms with Gasteiger partial charge in [-0.25, -0.2) is 14.0 Å². The van der Waals surface area contributed by atoms with Gasteiger partial charge < -0.3 is 14.2 Å². The third-order valence-electron chi connectivity index (χ3n) is 6.87. The molecule has 162 valence electrons. The number of amides is 1. The molecule has 1 unspecified atom stereocenters. The molecule has 2 N–H and O–H groups in total. The lowest BCUT2D eigenvalue weighted by Gasteiger charge is -2.57. The summed E-state index contributed by atoms with van der Waals surface area (Å²) < 4.78 is 31.9. The van der Waals surface area contributed by atoms with Crippen molar-refractivity contribution >= 4 is 38.3 Å². The van der Waals surface area contributed by atoms with E-state index in [0.717, 1.165) is 55.5 Å². The van der Waals surface area contributed by atoms with Crippen LogP contribution >= 0.6 is 11.6 Å². The number of aromatic nitrogens is 1. The number of carbonyl (C=O) groups is 1. The van der Waals surface area contributed by atoms with Gasteiger partial charge >= 0.3 is 0 Å². The average Bonchev–Trinajstić information content (AvgIpc) is 3.27. The lowest BCUT2D eigenvalue weighted by Crippen LogP contribution is -2.55. The number of oxazole rings is 1. The number of hydrogen-bond acceptors (Lipinski definition) is 6. The predicted molar refractivity (Wildman–Crippen MR) is 115 cm³/mol. The van der Waals surface area contributed by atoms with Crippen molar-refractivity contribution in [3.8, 4) is 0 Å². The minimum Gasteiger partial charge on any atom is -0.441 e. The number of carbonyl (C=O) groups excluding carboxylic acids is 1. The molecule has 3 saturated carbocycles. The molecular formula is C22H22ClN3O4S. The Kier molecular flexibility index (Phi) is 4.12. The predicted octanol–water partition coefficient (Wildman–Crippen LogP) is 5.10. The van der Waals surface area contributed by atoms with Crippen LogP contribution in [0, 0.1) is 10.2 Å². The number of benzene rings is 1. The van der Waals surface area contributed by atoms with E-state index < -0.39 is 9.73 Å². The van der Waals surface area contributed by atoms with Crippen LogP contribution < -0.4 is 5.32 Å². The molecule has 6 rings (SSSR count). The van der Waals surface area contributed by atoms with Gasteiger partial charge in [0.1, 0.15) is 15.2 Å². The Hall–Kier alpha value is -2.32. The van der Waals surface area contributed by atoms with Crippen LogP contribution in [0.1, 0.15) is 60.9 Å². The Morgan fingerprint density at radius 3 is 2.68 bits per heavy atom. The molecule has 3 aliphatic carbocycles. The Labute approximate surface area is 184 Å². The molecule has 31 heavy (non-hydrogen) atoms. The number of halogens is 1. The molecule has 0 radical (unpaired) electrons. The van der Waals surface area contributed by atoms with Crippen molar-refractivity contribution in [3.05, 3.63) is 47.0 Å². The van der Waals surface area contributed by atoms with E-state index in [1.807, 2.05) is 12.1 Å². The molecule has 0 saturated heterocycles. The van der Waals surface area contributed by atoms with Crippen LogP contribution in [0.2, 0.25) is 5.02 Å². The third-order valence-corrected chi connectivity index (χ3v) is 9.33. The fourth-order valence-corrected chi connectivity index (χ4v) is 6.88. The molecule has 0 aliphatic heterocycles. The number of fused-ring (bicyclic) bond motifs is 1. The van der Waals surface area contributed by atoms with Crippen LogP contribution in [0.4, 0.5) is 0 Å². The molecule has 2 aromatic heterocycles. The zero-order valence-corrected chi connectivity index (χ0v) is 18.3. The van der Waals surface area contributed by atoms with E-state index in [0.29, 0.717) is 10.9 Å². The topological polar surface area (TPSA) is 109 Å². The molecule has 1 atom stereocenters. The van der Waals surface area contributed by atoms with Crippen LogP contribution in [-0.2, 0) is 9.73 Å². The molecule has 1 amide bonds. The zero-order chi connectivity index (χ0) is 21.4. The van der Waals surface area contributed by atoms with Crippen LogP contribution in [0.25, 0.3) is 11.1 Å². The Morgan fingerprint density at radius 1 is 1.16 bits per heavy atom. The quantitative estimate of drug-likeness (QED) is 0.551. The van der Waals surface area contributed by atoms with E-state index in [2.05, 4.69) is 10.3 Å². The highest BCUT2D eigenvalue weighted by molar-refractivity contribution is 7.93. The molecule has 2 heterocycles. The minimum atomic E-state index is -2.93. The Balaban J connectivity index is 1.04. The van der Waals surface area contributed by atoms with Gasteiger partial charge in [-0.3, -0.25) is 4.79 Å². The highest BCUT2D eigenvalue weighted by atomic mass is 35.5. The fraction of sp³-hybridized carbons (Fsp3) is 0.455. The first-order valence-corrected chi connectivity index (χ1v) is 12.6. The summed E-state index contributed by atoms with van der Waals surface area (Å²) >= 11 is 6.03. The molecule has 3 fully saturated rings. The highest BCUT2D eigenvalue weighted by Gasteiger charge is 2.54. The van der Waals surface area contributed by atoms with Crippen molar-refractivity contribution in [2.75, 3.05) is 0 Å². The van der Waals surface area contributed by atoms with Crippen molar-refractivity contribution in [2.24, 2.45) is 5.41 Å². The largest absolute Gasteiger partial charge is 0.441 e. The maximum Gasteiger partial charge on any atom is 0.287 e. The Bertz CT molecular complexity index is 1290. The van der Waals surface area contributed by atoms with Crippen LogP contribution in [0.5, 0.6) is 0 Å². The summed E-state index contributed by atoms with van der Waals surface area (Å²) in [5.74, 6) is 0.910. The van der Waals surface area contributed by atoms with E-state index in [1.54, 1.807) is 6.07 Å². The molecule has 9 heteroatoms. The third kappa shape index (κ3) is 3.27. The van der Waals surface area contributed by atoms with Gasteiger partial charge in [0.2, 0.25) is 0 Å². The molecular weight excluding hydrogens is 438 g/mol. The maximum atomic E-state index is 12.5. The van der Waals surface area contributed by atoms with Gasteiger partial charge in [0, 0.05) is 17.0 Å². The second-order valence-corrected chi connectivity index (χ2v) is 12.0. The Morgan fingerprint density at radius 2 is 1.94 bits per heavy atom.